The fourth-order valence-corrected chi connectivity index (χ4v) is 3.97. The molecule has 2 saturated heterocycles. The monoisotopic (exact) mass is 364 g/mol. The standard InChI is InChI=1S/C23H28N2O2/c26-23(25-17-22(18-25)27-21-9-5-2-6-10-21)15-19-11-13-24(14-12-19)16-20-7-3-1-4-8-20/h1-10,19,22H,11-18H2. The van der Waals surface area contributed by atoms with Crippen LogP contribution in [0.5, 0.6) is 5.75 Å². The van der Waals surface area contributed by atoms with E-state index < -0.39 is 0 Å². The molecule has 0 aliphatic carbocycles. The van der Waals surface area contributed by atoms with Crippen molar-refractivity contribution in [2.45, 2.75) is 31.9 Å². The van der Waals surface area contributed by atoms with Crippen molar-refractivity contribution in [1.29, 1.82) is 0 Å². The predicted molar refractivity (Wildman–Crippen MR) is 106 cm³/mol. The Morgan fingerprint density at radius 2 is 1.56 bits per heavy atom. The number of carbonyl (C=O) groups excluding carboxylic acids is 1. The van der Waals surface area contributed by atoms with Crippen LogP contribution in [0.2, 0.25) is 0 Å². The molecule has 2 fully saturated rings. The molecular weight excluding hydrogens is 336 g/mol. The first-order chi connectivity index (χ1) is 13.3. The molecule has 0 radical (unpaired) electrons. The van der Waals surface area contributed by atoms with Crippen molar-refractivity contribution in [2.75, 3.05) is 26.2 Å². The minimum absolute atomic E-state index is 0.143. The fourth-order valence-electron chi connectivity index (χ4n) is 3.97. The van der Waals surface area contributed by atoms with E-state index in [4.69, 9.17) is 4.74 Å². The lowest BCUT2D eigenvalue weighted by Gasteiger charge is -2.40. The number of ether oxygens (including phenoxy) is 1. The number of carbonyl (C=O) groups is 1. The summed E-state index contributed by atoms with van der Waals surface area (Å²) in [6.45, 7) is 4.65. The molecule has 0 saturated carbocycles. The van der Waals surface area contributed by atoms with E-state index in [9.17, 15) is 4.79 Å². The Labute approximate surface area is 161 Å². The second-order valence-corrected chi connectivity index (χ2v) is 7.76. The quantitative estimate of drug-likeness (QED) is 0.785. The third-order valence-corrected chi connectivity index (χ3v) is 5.67. The number of hydrogen-bond acceptors (Lipinski definition) is 3. The topological polar surface area (TPSA) is 32.8 Å². The third kappa shape index (κ3) is 4.89. The fraction of sp³-hybridized carbons (Fsp3) is 0.435. The Bertz CT molecular complexity index is 721. The molecule has 2 aromatic carbocycles. The normalized spacial score (nSPS) is 18.9. The van der Waals surface area contributed by atoms with Crippen LogP contribution >= 0.6 is 0 Å². The van der Waals surface area contributed by atoms with Crippen LogP contribution in [-0.2, 0) is 11.3 Å². The molecule has 4 heteroatoms. The van der Waals surface area contributed by atoms with Gasteiger partial charge in [-0.1, -0.05) is 48.5 Å². The van der Waals surface area contributed by atoms with Crippen LogP contribution in [0.1, 0.15) is 24.8 Å². The molecule has 27 heavy (non-hydrogen) atoms. The van der Waals surface area contributed by atoms with Crippen molar-refractivity contribution < 1.29 is 9.53 Å². The first kappa shape index (κ1) is 18.1. The van der Waals surface area contributed by atoms with Crippen molar-refractivity contribution >= 4 is 5.91 Å². The summed E-state index contributed by atoms with van der Waals surface area (Å²) in [7, 11) is 0. The first-order valence-corrected chi connectivity index (χ1v) is 10.0. The van der Waals surface area contributed by atoms with Gasteiger partial charge in [0.05, 0.1) is 13.1 Å². The van der Waals surface area contributed by atoms with Crippen molar-refractivity contribution in [2.24, 2.45) is 5.92 Å². The summed E-state index contributed by atoms with van der Waals surface area (Å²) in [5.74, 6) is 1.71. The molecular formula is C23H28N2O2. The Balaban J connectivity index is 1.15. The van der Waals surface area contributed by atoms with E-state index in [1.165, 1.54) is 5.56 Å². The second kappa shape index (κ2) is 8.57. The van der Waals surface area contributed by atoms with Gasteiger partial charge < -0.3 is 9.64 Å². The minimum atomic E-state index is 0.143. The van der Waals surface area contributed by atoms with Crippen LogP contribution < -0.4 is 4.74 Å². The average molecular weight is 364 g/mol. The van der Waals surface area contributed by atoms with E-state index in [0.29, 0.717) is 18.2 Å². The van der Waals surface area contributed by atoms with Crippen molar-refractivity contribution in [1.82, 2.24) is 9.80 Å². The van der Waals surface area contributed by atoms with Crippen molar-refractivity contribution in [3.63, 3.8) is 0 Å². The maximum absolute atomic E-state index is 12.5. The number of hydrogen-bond donors (Lipinski definition) is 0. The number of amides is 1. The third-order valence-electron chi connectivity index (χ3n) is 5.67. The molecule has 0 atom stereocenters. The maximum Gasteiger partial charge on any atom is 0.223 e. The summed E-state index contributed by atoms with van der Waals surface area (Å²) in [6.07, 6.45) is 3.08. The Hall–Kier alpha value is -2.33. The molecule has 2 aliphatic heterocycles. The number of likely N-dealkylation sites (tertiary alicyclic amines) is 2. The maximum atomic E-state index is 12.5. The van der Waals surface area contributed by atoms with E-state index >= 15 is 0 Å². The average Bonchev–Trinajstić information content (AvgIpc) is 2.67. The minimum Gasteiger partial charge on any atom is -0.487 e. The van der Waals surface area contributed by atoms with Crippen LogP contribution in [0.15, 0.2) is 60.7 Å². The van der Waals surface area contributed by atoms with Gasteiger partial charge in [-0.15, -0.1) is 0 Å². The van der Waals surface area contributed by atoms with Crippen molar-refractivity contribution in [3.8, 4) is 5.75 Å². The molecule has 0 N–H and O–H groups in total. The lowest BCUT2D eigenvalue weighted by Crippen LogP contribution is -2.56. The summed E-state index contributed by atoms with van der Waals surface area (Å²) in [4.78, 5) is 17.0. The SMILES string of the molecule is O=C(CC1CCN(Cc2ccccc2)CC1)N1CC(Oc2ccccc2)C1. The highest BCUT2D eigenvalue weighted by Crippen LogP contribution is 2.25. The van der Waals surface area contributed by atoms with Crippen LogP contribution in [0.3, 0.4) is 0 Å². The summed E-state index contributed by atoms with van der Waals surface area (Å²) >= 11 is 0. The lowest BCUT2D eigenvalue weighted by atomic mass is 9.92. The van der Waals surface area contributed by atoms with E-state index in [0.717, 1.165) is 51.3 Å². The van der Waals surface area contributed by atoms with E-state index in [1.54, 1.807) is 0 Å². The second-order valence-electron chi connectivity index (χ2n) is 7.76. The molecule has 0 unspecified atom stereocenters. The van der Waals surface area contributed by atoms with Gasteiger partial charge in [0, 0.05) is 13.0 Å². The van der Waals surface area contributed by atoms with Crippen LogP contribution in [0.4, 0.5) is 0 Å². The number of piperidine rings is 1. The molecule has 4 nitrogen and oxygen atoms in total. The number of nitrogens with zero attached hydrogens (tertiary/aromatic N) is 2. The molecule has 0 bridgehead atoms. The zero-order chi connectivity index (χ0) is 18.5. The number of para-hydroxylation sites is 1. The van der Waals surface area contributed by atoms with Gasteiger partial charge in [0.1, 0.15) is 11.9 Å². The predicted octanol–water partition coefficient (Wildman–Crippen LogP) is 3.58. The van der Waals surface area contributed by atoms with Gasteiger partial charge in [-0.2, -0.15) is 0 Å². The highest BCUT2D eigenvalue weighted by molar-refractivity contribution is 5.77. The van der Waals surface area contributed by atoms with Gasteiger partial charge in [0.25, 0.3) is 0 Å². The summed E-state index contributed by atoms with van der Waals surface area (Å²) in [6, 6.07) is 20.5. The van der Waals surface area contributed by atoms with Gasteiger partial charge in [-0.3, -0.25) is 9.69 Å². The number of rotatable bonds is 6. The van der Waals surface area contributed by atoms with Gasteiger partial charge in [0.15, 0.2) is 0 Å². The highest BCUT2D eigenvalue weighted by Gasteiger charge is 2.33. The van der Waals surface area contributed by atoms with Crippen LogP contribution in [0.25, 0.3) is 0 Å². The lowest BCUT2D eigenvalue weighted by molar-refractivity contribution is -0.141. The van der Waals surface area contributed by atoms with Gasteiger partial charge >= 0.3 is 0 Å². The summed E-state index contributed by atoms with van der Waals surface area (Å²) in [5.41, 5.74) is 1.37. The van der Waals surface area contributed by atoms with Gasteiger partial charge in [-0.05, 0) is 49.5 Å². The largest absolute Gasteiger partial charge is 0.487 e. The zero-order valence-electron chi connectivity index (χ0n) is 15.8. The van der Waals surface area contributed by atoms with Crippen molar-refractivity contribution in [3.05, 3.63) is 66.2 Å². The number of benzene rings is 2. The zero-order valence-corrected chi connectivity index (χ0v) is 15.8. The molecule has 1 amide bonds. The summed E-state index contributed by atoms with van der Waals surface area (Å²) < 4.78 is 5.89. The summed E-state index contributed by atoms with van der Waals surface area (Å²) in [5, 5.41) is 0. The molecule has 0 spiro atoms. The Morgan fingerprint density at radius 3 is 2.22 bits per heavy atom. The van der Waals surface area contributed by atoms with Gasteiger partial charge in [0.2, 0.25) is 5.91 Å². The molecule has 2 heterocycles. The van der Waals surface area contributed by atoms with E-state index in [2.05, 4.69) is 35.2 Å². The molecule has 0 aromatic heterocycles. The molecule has 2 aromatic rings. The first-order valence-electron chi connectivity index (χ1n) is 10.0. The van der Waals surface area contributed by atoms with E-state index in [-0.39, 0.29) is 6.10 Å². The van der Waals surface area contributed by atoms with Crippen LogP contribution in [-0.4, -0.2) is 48.0 Å². The molecule has 4 rings (SSSR count). The molecule has 142 valence electrons. The molecule has 2 aliphatic rings. The Morgan fingerprint density at radius 1 is 0.926 bits per heavy atom. The smallest absolute Gasteiger partial charge is 0.223 e. The Kier molecular flexibility index (Phi) is 5.73. The van der Waals surface area contributed by atoms with Gasteiger partial charge in [-0.25, -0.2) is 0 Å². The van der Waals surface area contributed by atoms with Crippen LogP contribution in [0, 0.1) is 5.92 Å². The van der Waals surface area contributed by atoms with E-state index in [1.807, 2.05) is 35.2 Å². The highest BCUT2D eigenvalue weighted by atomic mass is 16.5.